The predicted octanol–water partition coefficient (Wildman–Crippen LogP) is 1.98. The van der Waals surface area contributed by atoms with Crippen molar-refractivity contribution >= 4 is 0 Å². The summed E-state index contributed by atoms with van der Waals surface area (Å²) in [5.41, 5.74) is 3.00. The first-order valence-corrected chi connectivity index (χ1v) is 5.93. The second kappa shape index (κ2) is 3.08. The molecule has 2 aliphatic rings. The molecule has 0 bridgehead atoms. The number of rotatable bonds is 1. The average Bonchev–Trinajstić information content (AvgIpc) is 2.88. The molecule has 0 radical (unpaired) electrons. The Morgan fingerprint density at radius 2 is 2.27 bits per heavy atom. The van der Waals surface area contributed by atoms with Crippen LogP contribution in [0.3, 0.4) is 0 Å². The first kappa shape index (κ1) is 9.40. The molecule has 1 aliphatic carbocycles. The standard InChI is InChI=1S/C12H18N2O/c1-8(2)11-10-9(15-14-11)3-4-12(10)5-6-13-7-12/h8,13H,3-7H2,1-2H3. The van der Waals surface area contributed by atoms with Gasteiger partial charge in [0.2, 0.25) is 0 Å². The van der Waals surface area contributed by atoms with Crippen molar-refractivity contribution in [2.45, 2.75) is 44.4 Å². The van der Waals surface area contributed by atoms with Crippen molar-refractivity contribution in [1.29, 1.82) is 0 Å². The molecule has 0 amide bonds. The maximum atomic E-state index is 5.48. The molecule has 3 nitrogen and oxygen atoms in total. The van der Waals surface area contributed by atoms with E-state index in [1.165, 1.54) is 24.1 Å². The van der Waals surface area contributed by atoms with Gasteiger partial charge >= 0.3 is 0 Å². The van der Waals surface area contributed by atoms with E-state index in [1.807, 2.05) is 0 Å². The van der Waals surface area contributed by atoms with Gasteiger partial charge in [0, 0.05) is 23.9 Å². The largest absolute Gasteiger partial charge is 0.361 e. The van der Waals surface area contributed by atoms with Crippen LogP contribution in [0.15, 0.2) is 4.52 Å². The minimum atomic E-state index is 0.356. The molecule has 2 heterocycles. The van der Waals surface area contributed by atoms with Crippen molar-refractivity contribution < 1.29 is 4.52 Å². The van der Waals surface area contributed by atoms with Crippen molar-refractivity contribution in [1.82, 2.24) is 10.5 Å². The minimum absolute atomic E-state index is 0.356. The molecule has 15 heavy (non-hydrogen) atoms. The summed E-state index contributed by atoms with van der Waals surface area (Å²) in [5.74, 6) is 1.63. The van der Waals surface area contributed by atoms with Gasteiger partial charge in [-0.15, -0.1) is 0 Å². The first-order chi connectivity index (χ1) is 7.23. The van der Waals surface area contributed by atoms with Gasteiger partial charge in [-0.1, -0.05) is 19.0 Å². The van der Waals surface area contributed by atoms with Gasteiger partial charge in [-0.05, 0) is 25.3 Å². The van der Waals surface area contributed by atoms with Crippen LogP contribution in [0.4, 0.5) is 0 Å². The van der Waals surface area contributed by atoms with E-state index in [4.69, 9.17) is 4.52 Å². The summed E-state index contributed by atoms with van der Waals surface area (Å²) in [6.07, 6.45) is 3.58. The number of hydrogen-bond donors (Lipinski definition) is 1. The summed E-state index contributed by atoms with van der Waals surface area (Å²) in [5, 5.41) is 7.74. The van der Waals surface area contributed by atoms with Crippen LogP contribution in [0, 0.1) is 0 Å². The van der Waals surface area contributed by atoms with Crippen LogP contribution in [0.1, 0.15) is 49.6 Å². The molecule has 0 aromatic carbocycles. The van der Waals surface area contributed by atoms with E-state index in [0.717, 1.165) is 25.3 Å². The molecule has 1 saturated heterocycles. The van der Waals surface area contributed by atoms with E-state index in [2.05, 4.69) is 24.3 Å². The van der Waals surface area contributed by atoms with Crippen LogP contribution >= 0.6 is 0 Å². The quantitative estimate of drug-likeness (QED) is 0.763. The lowest BCUT2D eigenvalue weighted by Gasteiger charge is -2.23. The minimum Gasteiger partial charge on any atom is -0.361 e. The fourth-order valence-electron chi connectivity index (χ4n) is 3.12. The summed E-state index contributed by atoms with van der Waals surface area (Å²) in [7, 11) is 0. The highest BCUT2D eigenvalue weighted by Gasteiger charge is 2.45. The van der Waals surface area contributed by atoms with Crippen LogP contribution in [-0.4, -0.2) is 18.2 Å². The Bertz CT molecular complexity index is 375. The number of aromatic nitrogens is 1. The zero-order valence-corrected chi connectivity index (χ0v) is 9.47. The van der Waals surface area contributed by atoms with Crippen molar-refractivity contribution in [2.75, 3.05) is 13.1 Å². The van der Waals surface area contributed by atoms with E-state index >= 15 is 0 Å². The second-order valence-electron chi connectivity index (χ2n) is 5.23. The second-order valence-corrected chi connectivity index (χ2v) is 5.23. The molecule has 1 fully saturated rings. The fraction of sp³-hybridized carbons (Fsp3) is 0.750. The van der Waals surface area contributed by atoms with Crippen LogP contribution in [0.2, 0.25) is 0 Å². The third-order valence-corrected chi connectivity index (χ3v) is 3.94. The third kappa shape index (κ3) is 1.19. The molecule has 0 saturated carbocycles. The lowest BCUT2D eigenvalue weighted by Crippen LogP contribution is -2.27. The zero-order chi connectivity index (χ0) is 10.5. The van der Waals surface area contributed by atoms with Gasteiger partial charge in [0.15, 0.2) is 0 Å². The Kier molecular flexibility index (Phi) is 1.93. The van der Waals surface area contributed by atoms with E-state index in [0.29, 0.717) is 11.3 Å². The summed E-state index contributed by atoms with van der Waals surface area (Å²) in [6, 6.07) is 0. The number of aryl methyl sites for hydroxylation is 1. The van der Waals surface area contributed by atoms with Crippen LogP contribution in [0.5, 0.6) is 0 Å². The molecule has 3 rings (SSSR count). The van der Waals surface area contributed by atoms with E-state index in [9.17, 15) is 0 Å². The van der Waals surface area contributed by atoms with E-state index < -0.39 is 0 Å². The highest BCUT2D eigenvalue weighted by Crippen LogP contribution is 2.46. The molecule has 1 aromatic rings. The molecule has 1 aromatic heterocycles. The van der Waals surface area contributed by atoms with E-state index in [1.54, 1.807) is 0 Å². The normalized spacial score (nSPS) is 29.3. The van der Waals surface area contributed by atoms with Gasteiger partial charge in [-0.2, -0.15) is 0 Å². The molecule has 3 heteroatoms. The summed E-state index contributed by atoms with van der Waals surface area (Å²) in [4.78, 5) is 0. The Morgan fingerprint density at radius 3 is 2.93 bits per heavy atom. The lowest BCUT2D eigenvalue weighted by molar-refractivity contribution is 0.370. The number of nitrogens with one attached hydrogen (secondary N) is 1. The van der Waals surface area contributed by atoms with Crippen molar-refractivity contribution in [3.8, 4) is 0 Å². The Labute approximate surface area is 90.2 Å². The molecule has 1 aliphatic heterocycles. The summed E-state index contributed by atoms with van der Waals surface area (Å²) in [6.45, 7) is 6.65. The first-order valence-electron chi connectivity index (χ1n) is 5.93. The number of hydrogen-bond acceptors (Lipinski definition) is 3. The maximum Gasteiger partial charge on any atom is 0.140 e. The number of fused-ring (bicyclic) bond motifs is 2. The SMILES string of the molecule is CC(C)c1noc2c1C1(CCNC1)CC2. The Balaban J connectivity index is 2.10. The molecule has 1 spiro atoms. The van der Waals surface area contributed by atoms with Gasteiger partial charge in [0.1, 0.15) is 5.76 Å². The van der Waals surface area contributed by atoms with Crippen LogP contribution in [-0.2, 0) is 11.8 Å². The predicted molar refractivity (Wildman–Crippen MR) is 58.1 cm³/mol. The molecular weight excluding hydrogens is 188 g/mol. The molecule has 1 unspecified atom stereocenters. The van der Waals surface area contributed by atoms with Crippen LogP contribution < -0.4 is 5.32 Å². The molecule has 1 atom stereocenters. The average molecular weight is 206 g/mol. The van der Waals surface area contributed by atoms with Gasteiger partial charge in [-0.25, -0.2) is 0 Å². The van der Waals surface area contributed by atoms with Crippen molar-refractivity contribution in [2.24, 2.45) is 0 Å². The zero-order valence-electron chi connectivity index (χ0n) is 9.47. The lowest BCUT2D eigenvalue weighted by atomic mass is 9.79. The van der Waals surface area contributed by atoms with Crippen LogP contribution in [0.25, 0.3) is 0 Å². The topological polar surface area (TPSA) is 38.1 Å². The van der Waals surface area contributed by atoms with E-state index in [-0.39, 0.29) is 0 Å². The molecule has 82 valence electrons. The highest BCUT2D eigenvalue weighted by molar-refractivity contribution is 5.40. The van der Waals surface area contributed by atoms with Gasteiger partial charge < -0.3 is 9.84 Å². The highest BCUT2D eigenvalue weighted by atomic mass is 16.5. The van der Waals surface area contributed by atoms with Gasteiger partial charge in [0.25, 0.3) is 0 Å². The number of nitrogens with zero attached hydrogens (tertiary/aromatic N) is 1. The smallest absolute Gasteiger partial charge is 0.140 e. The Morgan fingerprint density at radius 1 is 1.40 bits per heavy atom. The molecular formula is C12H18N2O. The Hall–Kier alpha value is -0.830. The summed E-state index contributed by atoms with van der Waals surface area (Å²) < 4.78 is 5.48. The van der Waals surface area contributed by atoms with Gasteiger partial charge in [0.05, 0.1) is 5.69 Å². The fourth-order valence-corrected chi connectivity index (χ4v) is 3.12. The van der Waals surface area contributed by atoms with Crippen molar-refractivity contribution in [3.63, 3.8) is 0 Å². The van der Waals surface area contributed by atoms with Crippen molar-refractivity contribution in [3.05, 3.63) is 17.0 Å². The maximum absolute atomic E-state index is 5.48. The third-order valence-electron chi connectivity index (χ3n) is 3.94. The summed E-state index contributed by atoms with van der Waals surface area (Å²) >= 11 is 0. The van der Waals surface area contributed by atoms with Gasteiger partial charge in [-0.3, -0.25) is 0 Å². The monoisotopic (exact) mass is 206 g/mol. The molecule has 1 N–H and O–H groups in total.